The summed E-state index contributed by atoms with van der Waals surface area (Å²) in [6.45, 7) is 10.7. The number of aliphatic hydroxyl groups is 1. The molecule has 374 valence electrons. The first-order valence-corrected chi connectivity index (χ1v) is 25.4. The maximum Gasteiger partial charge on any atom is 0.246 e. The maximum atomic E-state index is 14.6. The number of amides is 3. The predicted octanol–water partition coefficient (Wildman–Crippen LogP) is 5.21. The van der Waals surface area contributed by atoms with Crippen molar-refractivity contribution in [2.24, 2.45) is 16.7 Å². The highest BCUT2D eigenvalue weighted by atomic mass is 19.1. The molecule has 3 amide bonds. The molecular formula is C54H66FN11O5. The van der Waals surface area contributed by atoms with Gasteiger partial charge in [0.15, 0.2) is 5.82 Å². The Labute approximate surface area is 415 Å². The Morgan fingerprint density at radius 2 is 1.69 bits per heavy atom. The van der Waals surface area contributed by atoms with Crippen molar-refractivity contribution in [3.63, 3.8) is 0 Å². The van der Waals surface area contributed by atoms with Crippen LogP contribution < -0.4 is 25.8 Å². The normalized spacial score (nSPS) is 26.1. The number of carbonyl (C=O) groups is 3. The van der Waals surface area contributed by atoms with Crippen LogP contribution in [0, 0.1) is 34.9 Å². The first-order valence-electron chi connectivity index (χ1n) is 25.4. The van der Waals surface area contributed by atoms with E-state index in [4.69, 9.17) is 16.4 Å². The van der Waals surface area contributed by atoms with Crippen molar-refractivity contribution in [1.82, 2.24) is 40.6 Å². The number of hydrogen-bond acceptors (Lipinski definition) is 13. The quantitative estimate of drug-likeness (QED) is 0.130. The lowest BCUT2D eigenvalue weighted by Crippen LogP contribution is -2.59. The molecule has 0 bridgehead atoms. The zero-order valence-electron chi connectivity index (χ0n) is 41.0. The Morgan fingerprint density at radius 3 is 2.39 bits per heavy atom. The lowest BCUT2D eigenvalue weighted by molar-refractivity contribution is -0.145. The van der Waals surface area contributed by atoms with E-state index < -0.39 is 41.2 Å². The highest BCUT2D eigenvalue weighted by Crippen LogP contribution is 2.55. The number of para-hydroxylation sites is 1. The molecule has 2 aliphatic carbocycles. The van der Waals surface area contributed by atoms with E-state index in [2.05, 4.69) is 46.8 Å². The standard InChI is InChI=1S/C54H66FN11O5/c1-5-33-10-11-36(42(55)22-33)27-57-50(70)45-23-40(67)32-66(45)51(71)47(53(2,3)4)60-49(69)35-12-16-54(17-13-35)25-38(26-54)63-18-14-34(15-19-63)37-28-58-52(59-29-37)64-20-21-65-39(31-64)30-56-48-44(65)24-43(61-62-48)41-8-6-7-9-46(41)68/h1,6-11,22,24,28-29,34-35,38-40,45,47,67-68H,12-21,23,25-27,30-32H2,2-4H3,(H,56,62)(H,57,70)(H,60,69)/t35?,38?,39-,40+,45-,47+,54?/m0/s1. The van der Waals surface area contributed by atoms with Gasteiger partial charge in [-0.3, -0.25) is 14.4 Å². The van der Waals surface area contributed by atoms with Crippen LogP contribution in [0.1, 0.15) is 101 Å². The van der Waals surface area contributed by atoms with Gasteiger partial charge in [0, 0.05) is 86.7 Å². The zero-order chi connectivity index (χ0) is 49.6. The van der Waals surface area contributed by atoms with E-state index in [1.165, 1.54) is 22.6 Å². The Morgan fingerprint density at radius 1 is 0.944 bits per heavy atom. The summed E-state index contributed by atoms with van der Waals surface area (Å²) < 4.78 is 14.6. The monoisotopic (exact) mass is 968 g/mol. The number of phenolic OH excluding ortho intramolecular Hbond substituents is 1. The minimum absolute atomic E-state index is 0.0333. The number of nitrogens with zero attached hydrogens (tertiary/aromatic N) is 8. The third kappa shape index (κ3) is 9.97. The van der Waals surface area contributed by atoms with Crippen molar-refractivity contribution in [2.45, 2.75) is 121 Å². The minimum Gasteiger partial charge on any atom is -0.507 e. The number of anilines is 3. The first-order chi connectivity index (χ1) is 34.1. The van der Waals surface area contributed by atoms with Gasteiger partial charge in [0.1, 0.15) is 23.7 Å². The third-order valence-electron chi connectivity index (χ3n) is 16.4. The SMILES string of the molecule is C#Cc1ccc(CNC(=O)[C@@H]2C[C@@H](O)CN2C(=O)[C@@H](NC(=O)C2CCC3(CC2)CC(N2CCC(c4cnc(N5CCN6c7cc(-c8ccccc8O)nnc7NC[C@H]6C5)nc4)CC2)C3)C(C)(C)C)c(F)c1. The number of fused-ring (bicyclic) bond motifs is 3. The van der Waals surface area contributed by atoms with Crippen molar-refractivity contribution >= 4 is 35.2 Å². The van der Waals surface area contributed by atoms with Gasteiger partial charge in [0.05, 0.1) is 23.5 Å². The molecule has 2 saturated carbocycles. The van der Waals surface area contributed by atoms with E-state index >= 15 is 0 Å². The van der Waals surface area contributed by atoms with Crippen LogP contribution in [0.4, 0.5) is 21.8 Å². The second-order valence-corrected chi connectivity index (χ2v) is 22.0. The first kappa shape index (κ1) is 48.3. The van der Waals surface area contributed by atoms with Crippen LogP contribution in [0.25, 0.3) is 11.3 Å². The molecule has 5 N–H and O–H groups in total. The van der Waals surface area contributed by atoms with E-state index in [0.29, 0.717) is 28.8 Å². The Bertz CT molecular complexity index is 2670. The summed E-state index contributed by atoms with van der Waals surface area (Å²) in [5, 5.41) is 39.2. The second-order valence-electron chi connectivity index (χ2n) is 22.0. The molecule has 4 aromatic rings. The number of β-amino-alcohol motifs (C(OH)–C–C–N with tert-alkyl or cyclic N) is 1. The second kappa shape index (κ2) is 19.7. The number of aromatic nitrogens is 4. The summed E-state index contributed by atoms with van der Waals surface area (Å²) in [7, 11) is 0. The number of carbonyl (C=O) groups excluding carboxylic acids is 3. The Kier molecular flexibility index (Phi) is 13.4. The number of hydrogen-bond donors (Lipinski definition) is 5. The molecule has 1 spiro atoms. The topological polar surface area (TPSA) is 192 Å². The molecule has 71 heavy (non-hydrogen) atoms. The number of piperidine rings is 1. The molecule has 3 saturated heterocycles. The van der Waals surface area contributed by atoms with Gasteiger partial charge in [-0.2, -0.15) is 0 Å². The van der Waals surface area contributed by atoms with Crippen molar-refractivity contribution in [3.8, 4) is 29.4 Å². The fraction of sp³-hybridized carbons (Fsp3) is 0.537. The van der Waals surface area contributed by atoms with Crippen LogP contribution in [0.3, 0.4) is 0 Å². The summed E-state index contributed by atoms with van der Waals surface area (Å²) in [4.78, 5) is 60.0. The van der Waals surface area contributed by atoms with E-state index in [9.17, 15) is 29.0 Å². The van der Waals surface area contributed by atoms with Gasteiger partial charge in [-0.1, -0.05) is 44.9 Å². The highest BCUT2D eigenvalue weighted by Gasteiger charge is 2.50. The minimum atomic E-state index is -0.959. The molecule has 2 aromatic heterocycles. The number of halogens is 1. The molecular weight excluding hydrogens is 902 g/mol. The molecule has 2 aromatic carbocycles. The lowest BCUT2D eigenvalue weighted by atomic mass is 9.56. The molecule has 6 aliphatic rings. The maximum absolute atomic E-state index is 14.6. The van der Waals surface area contributed by atoms with Crippen molar-refractivity contribution < 1.29 is 29.0 Å². The summed E-state index contributed by atoms with van der Waals surface area (Å²) in [5.41, 5.74) is 3.74. The van der Waals surface area contributed by atoms with Crippen molar-refractivity contribution in [1.29, 1.82) is 0 Å². The average Bonchev–Trinajstić information content (AvgIpc) is 3.77. The summed E-state index contributed by atoms with van der Waals surface area (Å²) in [6.07, 6.45) is 16.5. The largest absolute Gasteiger partial charge is 0.507 e. The molecule has 16 nitrogen and oxygen atoms in total. The van der Waals surface area contributed by atoms with Crippen LogP contribution >= 0.6 is 0 Å². The lowest BCUT2D eigenvalue weighted by Gasteiger charge is -2.55. The van der Waals surface area contributed by atoms with E-state index in [1.54, 1.807) is 18.2 Å². The molecule has 5 fully saturated rings. The predicted molar refractivity (Wildman–Crippen MR) is 268 cm³/mol. The fourth-order valence-electron chi connectivity index (χ4n) is 12.2. The number of rotatable bonds is 10. The number of nitrogens with one attached hydrogen (secondary N) is 3. The van der Waals surface area contributed by atoms with Crippen LogP contribution in [0.15, 0.2) is 60.9 Å². The number of phenols is 1. The number of terminal acetylenes is 1. The van der Waals surface area contributed by atoms with Crippen molar-refractivity contribution in [2.75, 3.05) is 60.9 Å². The average molecular weight is 968 g/mol. The molecule has 6 heterocycles. The van der Waals surface area contributed by atoms with Gasteiger partial charge in [-0.15, -0.1) is 16.6 Å². The number of aliphatic hydroxyl groups excluding tert-OH is 1. The van der Waals surface area contributed by atoms with Gasteiger partial charge in [0.2, 0.25) is 23.7 Å². The molecule has 10 rings (SSSR count). The summed E-state index contributed by atoms with van der Waals surface area (Å²) in [6, 6.07) is 12.5. The Hall–Kier alpha value is -6.38. The molecule has 0 unspecified atom stereocenters. The van der Waals surface area contributed by atoms with E-state index in [0.717, 1.165) is 108 Å². The molecule has 0 radical (unpaired) electrons. The Balaban J connectivity index is 0.669. The number of aromatic hydroxyl groups is 1. The van der Waals surface area contributed by atoms with E-state index in [1.807, 2.05) is 51.4 Å². The highest BCUT2D eigenvalue weighted by molar-refractivity contribution is 5.93. The fourth-order valence-corrected chi connectivity index (χ4v) is 12.2. The van der Waals surface area contributed by atoms with E-state index in [-0.39, 0.29) is 54.1 Å². The van der Waals surface area contributed by atoms with Gasteiger partial charge in [0.25, 0.3) is 0 Å². The number of benzene rings is 2. The van der Waals surface area contributed by atoms with Crippen LogP contribution in [-0.4, -0.2) is 134 Å². The summed E-state index contributed by atoms with van der Waals surface area (Å²) in [5.74, 6) is 2.73. The third-order valence-corrected chi connectivity index (χ3v) is 16.4. The van der Waals surface area contributed by atoms with Gasteiger partial charge in [-0.05, 0) is 117 Å². The smallest absolute Gasteiger partial charge is 0.246 e. The number of piperazine rings is 1. The van der Waals surface area contributed by atoms with Gasteiger partial charge < -0.3 is 45.8 Å². The number of likely N-dealkylation sites (tertiary alicyclic amines) is 2. The van der Waals surface area contributed by atoms with Gasteiger partial charge >= 0.3 is 0 Å². The molecule has 17 heteroatoms. The van der Waals surface area contributed by atoms with Crippen molar-refractivity contribution in [3.05, 3.63) is 83.4 Å². The molecule has 4 aliphatic heterocycles. The van der Waals surface area contributed by atoms with Crippen LogP contribution in [0.5, 0.6) is 5.75 Å². The molecule has 4 atom stereocenters. The van der Waals surface area contributed by atoms with Crippen LogP contribution in [-0.2, 0) is 20.9 Å². The zero-order valence-corrected chi connectivity index (χ0v) is 41.0. The van der Waals surface area contributed by atoms with Gasteiger partial charge in [-0.25, -0.2) is 14.4 Å². The summed E-state index contributed by atoms with van der Waals surface area (Å²) >= 11 is 0. The van der Waals surface area contributed by atoms with Crippen LogP contribution in [0.2, 0.25) is 0 Å².